The second-order valence-electron chi connectivity index (χ2n) is 6.95. The van der Waals surface area contributed by atoms with Crippen molar-refractivity contribution < 1.29 is 52.2 Å². The van der Waals surface area contributed by atoms with Gasteiger partial charge in [-0.1, -0.05) is 12.1 Å². The lowest BCUT2D eigenvalue weighted by molar-refractivity contribution is 0.0322. The molecule has 2 rings (SSSR count). The molecule has 0 N–H and O–H groups in total. The molecule has 0 aromatic heterocycles. The van der Waals surface area contributed by atoms with Gasteiger partial charge in [-0.3, -0.25) is 4.79 Å². The van der Waals surface area contributed by atoms with Crippen LogP contribution in [0.5, 0.6) is 28.7 Å². The number of allylic oxidation sites excluding steroid dienone is 1. The molecule has 0 aliphatic rings. The van der Waals surface area contributed by atoms with Crippen LogP contribution in [0.1, 0.15) is 15.9 Å². The fraction of sp³-hybridized carbons (Fsp3) is 0.400. The van der Waals surface area contributed by atoms with E-state index in [0.717, 1.165) is 0 Å². The van der Waals surface area contributed by atoms with Gasteiger partial charge in [-0.05, 0) is 23.8 Å². The predicted molar refractivity (Wildman–Crippen MR) is 129 cm³/mol. The third-order valence-corrected chi connectivity index (χ3v) is 4.35. The summed E-state index contributed by atoms with van der Waals surface area (Å²) in [7, 11) is 7.46. The summed E-state index contributed by atoms with van der Waals surface area (Å²) >= 11 is 0. The monoisotopic (exact) mass is 508 g/mol. The van der Waals surface area contributed by atoms with Crippen LogP contribution in [0.2, 0.25) is 0 Å². The summed E-state index contributed by atoms with van der Waals surface area (Å²) in [5, 5.41) is 0. The SMILES string of the molecule is COCOc1cc(OCOC)c(C(=O)C=Cc2ccc(OCOC)c(OCOC)c2)c(OCOC)c1. The van der Waals surface area contributed by atoms with Gasteiger partial charge in [0, 0.05) is 47.7 Å². The van der Waals surface area contributed by atoms with Gasteiger partial charge < -0.3 is 47.4 Å². The first-order valence-electron chi connectivity index (χ1n) is 10.7. The first-order chi connectivity index (χ1) is 17.6. The third-order valence-electron chi connectivity index (χ3n) is 4.35. The molecule has 0 aliphatic carbocycles. The van der Waals surface area contributed by atoms with Crippen molar-refractivity contribution >= 4 is 11.9 Å². The number of carbonyl (C=O) groups excluding carboxylic acids is 1. The van der Waals surface area contributed by atoms with E-state index in [1.807, 2.05) is 0 Å². The number of hydrogen-bond donors (Lipinski definition) is 0. The Labute approximate surface area is 210 Å². The summed E-state index contributed by atoms with van der Waals surface area (Å²) < 4.78 is 52.8. The third kappa shape index (κ3) is 9.02. The molecule has 11 heteroatoms. The smallest absolute Gasteiger partial charge is 0.193 e. The van der Waals surface area contributed by atoms with Crippen molar-refractivity contribution in [2.45, 2.75) is 0 Å². The lowest BCUT2D eigenvalue weighted by Crippen LogP contribution is -2.10. The number of carbonyl (C=O) groups is 1. The zero-order valence-corrected chi connectivity index (χ0v) is 21.1. The van der Waals surface area contributed by atoms with E-state index in [9.17, 15) is 4.79 Å². The maximum absolute atomic E-state index is 13.3. The molecule has 36 heavy (non-hydrogen) atoms. The highest BCUT2D eigenvalue weighted by atomic mass is 16.7. The lowest BCUT2D eigenvalue weighted by Gasteiger charge is -2.16. The molecule has 0 aliphatic heterocycles. The minimum atomic E-state index is -0.385. The Balaban J connectivity index is 2.39. The van der Waals surface area contributed by atoms with Crippen molar-refractivity contribution in [2.75, 3.05) is 69.5 Å². The van der Waals surface area contributed by atoms with Gasteiger partial charge in [0.25, 0.3) is 0 Å². The van der Waals surface area contributed by atoms with Crippen LogP contribution in [0.4, 0.5) is 0 Å². The van der Waals surface area contributed by atoms with Crippen molar-refractivity contribution in [3.05, 3.63) is 47.5 Å². The second kappa shape index (κ2) is 16.3. The van der Waals surface area contributed by atoms with Crippen molar-refractivity contribution in [3.63, 3.8) is 0 Å². The molecule has 2 aromatic rings. The Morgan fingerprint density at radius 2 is 1.08 bits per heavy atom. The van der Waals surface area contributed by atoms with E-state index in [4.69, 9.17) is 47.4 Å². The fourth-order valence-electron chi connectivity index (χ4n) is 2.85. The van der Waals surface area contributed by atoms with Crippen LogP contribution in [0, 0.1) is 0 Å². The quantitative estimate of drug-likeness (QED) is 0.168. The van der Waals surface area contributed by atoms with E-state index in [0.29, 0.717) is 22.8 Å². The molecule has 2 aromatic carbocycles. The number of methoxy groups -OCH3 is 5. The predicted octanol–water partition coefficient (Wildman–Crippen LogP) is 3.50. The van der Waals surface area contributed by atoms with Crippen LogP contribution in [0.3, 0.4) is 0 Å². The molecular formula is C25H32O11. The van der Waals surface area contributed by atoms with E-state index in [-0.39, 0.29) is 56.8 Å². The van der Waals surface area contributed by atoms with Gasteiger partial charge in [-0.25, -0.2) is 0 Å². The van der Waals surface area contributed by atoms with E-state index < -0.39 is 0 Å². The summed E-state index contributed by atoms with van der Waals surface area (Å²) in [5.74, 6) is 1.30. The minimum Gasteiger partial charge on any atom is -0.467 e. The molecule has 0 bridgehead atoms. The zero-order valence-electron chi connectivity index (χ0n) is 21.1. The molecule has 0 unspecified atom stereocenters. The average Bonchev–Trinajstić information content (AvgIpc) is 2.90. The second-order valence-corrected chi connectivity index (χ2v) is 6.95. The number of ether oxygens (including phenoxy) is 10. The van der Waals surface area contributed by atoms with E-state index in [2.05, 4.69) is 0 Å². The Kier molecular flexibility index (Phi) is 13.1. The zero-order chi connectivity index (χ0) is 26.2. The average molecular weight is 509 g/mol. The highest BCUT2D eigenvalue weighted by molar-refractivity contribution is 6.10. The maximum Gasteiger partial charge on any atom is 0.193 e. The maximum atomic E-state index is 13.3. The van der Waals surface area contributed by atoms with Crippen LogP contribution >= 0.6 is 0 Å². The van der Waals surface area contributed by atoms with Gasteiger partial charge in [0.05, 0.1) is 0 Å². The molecule has 0 amide bonds. The molecule has 0 radical (unpaired) electrons. The molecule has 0 spiro atoms. The lowest BCUT2D eigenvalue weighted by atomic mass is 10.1. The van der Waals surface area contributed by atoms with Gasteiger partial charge >= 0.3 is 0 Å². The van der Waals surface area contributed by atoms with Crippen LogP contribution < -0.4 is 23.7 Å². The summed E-state index contributed by atoms with van der Waals surface area (Å²) in [6.07, 6.45) is 3.01. The first kappa shape index (κ1) is 28.9. The topological polar surface area (TPSA) is 109 Å². The fourth-order valence-corrected chi connectivity index (χ4v) is 2.85. The van der Waals surface area contributed by atoms with Crippen molar-refractivity contribution in [2.24, 2.45) is 0 Å². The van der Waals surface area contributed by atoms with Gasteiger partial charge in [0.2, 0.25) is 0 Å². The molecule has 0 atom stereocenters. The van der Waals surface area contributed by atoms with Crippen molar-refractivity contribution in [1.29, 1.82) is 0 Å². The van der Waals surface area contributed by atoms with Gasteiger partial charge in [0.1, 0.15) is 22.8 Å². The molecule has 11 nitrogen and oxygen atoms in total. The van der Waals surface area contributed by atoms with Crippen molar-refractivity contribution in [1.82, 2.24) is 0 Å². The number of rotatable bonds is 18. The van der Waals surface area contributed by atoms with E-state index in [1.54, 1.807) is 36.4 Å². The largest absolute Gasteiger partial charge is 0.467 e. The molecule has 198 valence electrons. The van der Waals surface area contributed by atoms with Crippen LogP contribution in [0.25, 0.3) is 6.08 Å². The first-order valence-corrected chi connectivity index (χ1v) is 10.7. The summed E-state index contributed by atoms with van der Waals surface area (Å²) in [4.78, 5) is 13.3. The molecule has 0 heterocycles. The van der Waals surface area contributed by atoms with Crippen LogP contribution in [-0.4, -0.2) is 75.3 Å². The molecule has 0 saturated heterocycles. The molecule has 0 saturated carbocycles. The van der Waals surface area contributed by atoms with Crippen LogP contribution in [0.15, 0.2) is 36.4 Å². The van der Waals surface area contributed by atoms with Gasteiger partial charge in [-0.15, -0.1) is 0 Å². The Bertz CT molecular complexity index is 945. The summed E-state index contributed by atoms with van der Waals surface area (Å²) in [5.41, 5.74) is 0.846. The highest BCUT2D eigenvalue weighted by Crippen LogP contribution is 2.36. The van der Waals surface area contributed by atoms with E-state index >= 15 is 0 Å². The minimum absolute atomic E-state index is 0.00179. The van der Waals surface area contributed by atoms with E-state index in [1.165, 1.54) is 41.6 Å². The molecular weight excluding hydrogens is 476 g/mol. The number of ketones is 1. The van der Waals surface area contributed by atoms with Crippen LogP contribution in [-0.2, 0) is 23.7 Å². The highest BCUT2D eigenvalue weighted by Gasteiger charge is 2.20. The van der Waals surface area contributed by atoms with Gasteiger partial charge in [-0.2, -0.15) is 0 Å². The normalized spacial score (nSPS) is 10.9. The van der Waals surface area contributed by atoms with Crippen molar-refractivity contribution in [3.8, 4) is 28.7 Å². The standard InChI is InChI=1S/C25H32O11/c1-27-13-32-19-11-23(35-16-30-4)25(24(12-19)36-17-31-5)20(26)8-6-18-7-9-21(33-14-28-2)22(10-18)34-15-29-3/h6-12H,13-17H2,1-5H3. The Morgan fingerprint density at radius 1 is 0.611 bits per heavy atom. The number of hydrogen-bond acceptors (Lipinski definition) is 11. The Morgan fingerprint density at radius 3 is 1.61 bits per heavy atom. The summed E-state index contributed by atoms with van der Waals surface area (Å²) in [6.45, 7) is -0.115. The van der Waals surface area contributed by atoms with Gasteiger partial charge in [0.15, 0.2) is 51.2 Å². The summed E-state index contributed by atoms with van der Waals surface area (Å²) in [6, 6.07) is 8.28. The number of benzene rings is 2. The molecule has 0 fully saturated rings. The Hall–Kier alpha value is -3.35.